The molecule has 1 rings (SSSR count). The highest BCUT2D eigenvalue weighted by atomic mass is 16.5. The van der Waals surface area contributed by atoms with Crippen LogP contribution in [0.2, 0.25) is 0 Å². The van der Waals surface area contributed by atoms with Gasteiger partial charge in [-0.1, -0.05) is 19.3 Å². The fourth-order valence-corrected chi connectivity index (χ4v) is 2.88. The van der Waals surface area contributed by atoms with Gasteiger partial charge in [0.1, 0.15) is 12.1 Å². The second-order valence-electron chi connectivity index (χ2n) is 5.70. The molecule has 0 aromatic heterocycles. The summed E-state index contributed by atoms with van der Waals surface area (Å²) in [5, 5.41) is 11.6. The van der Waals surface area contributed by atoms with Crippen molar-refractivity contribution in [3.63, 3.8) is 0 Å². The number of rotatable bonds is 9. The second kappa shape index (κ2) is 9.86. The number of carbonyl (C=O) groups is 3. The number of carbonyl (C=O) groups excluding carboxylic acids is 2. The van der Waals surface area contributed by atoms with Gasteiger partial charge in [0.15, 0.2) is 0 Å². The number of hydrogen-bond donors (Lipinski definition) is 2. The Bertz CT molecular complexity index is 482. The Morgan fingerprint density at radius 1 is 1.35 bits per heavy atom. The summed E-state index contributed by atoms with van der Waals surface area (Å²) in [5.74, 6) is -2.10. The Labute approximate surface area is 134 Å². The Morgan fingerprint density at radius 3 is 2.52 bits per heavy atom. The van der Waals surface area contributed by atoms with Crippen LogP contribution in [-0.4, -0.2) is 53.0 Å². The number of methoxy groups -OCH3 is 1. The monoisotopic (exact) mass is 325 g/mol. The minimum atomic E-state index is -1.22. The summed E-state index contributed by atoms with van der Waals surface area (Å²) in [4.78, 5) is 37.4. The second-order valence-corrected chi connectivity index (χ2v) is 5.70. The molecule has 2 atom stereocenters. The Hall–Kier alpha value is -2.05. The fraction of sp³-hybridized carbons (Fsp3) is 0.733. The first-order valence-electron chi connectivity index (χ1n) is 7.75. The Morgan fingerprint density at radius 2 is 2.00 bits per heavy atom. The first-order chi connectivity index (χ1) is 11.0. The minimum absolute atomic E-state index is 0.0764. The van der Waals surface area contributed by atoms with Crippen LogP contribution in [0.5, 0.6) is 0 Å². The van der Waals surface area contributed by atoms with Gasteiger partial charge < -0.3 is 20.7 Å². The van der Waals surface area contributed by atoms with Gasteiger partial charge in [0, 0.05) is 13.5 Å². The van der Waals surface area contributed by atoms with E-state index in [-0.39, 0.29) is 18.8 Å². The van der Waals surface area contributed by atoms with Crippen LogP contribution in [0.15, 0.2) is 0 Å². The van der Waals surface area contributed by atoms with Crippen molar-refractivity contribution >= 4 is 23.9 Å². The molecule has 0 saturated heterocycles. The molecule has 1 fully saturated rings. The van der Waals surface area contributed by atoms with Crippen molar-refractivity contribution in [3.8, 4) is 0 Å². The zero-order valence-corrected chi connectivity index (χ0v) is 13.2. The van der Waals surface area contributed by atoms with E-state index in [0.717, 1.165) is 32.1 Å². The third kappa shape index (κ3) is 6.30. The summed E-state index contributed by atoms with van der Waals surface area (Å²) >= 11 is 0. The van der Waals surface area contributed by atoms with E-state index in [1.165, 1.54) is 7.11 Å². The Balaban J connectivity index is 2.62. The maximum absolute atomic E-state index is 12.3. The van der Waals surface area contributed by atoms with Gasteiger partial charge in [-0.15, -0.1) is 0 Å². The SMILES string of the molecule is CO[C@H](C(=O)N[C@@H](CCC(=O)C=[N+]=[N-])C(=O)O)C1CCCCC1. The zero-order chi connectivity index (χ0) is 17.2. The molecular weight excluding hydrogens is 302 g/mol. The van der Waals surface area contributed by atoms with Crippen LogP contribution in [0.3, 0.4) is 0 Å². The quantitative estimate of drug-likeness (QED) is 0.368. The van der Waals surface area contributed by atoms with E-state index in [4.69, 9.17) is 10.3 Å². The lowest BCUT2D eigenvalue weighted by atomic mass is 9.84. The first-order valence-corrected chi connectivity index (χ1v) is 7.75. The van der Waals surface area contributed by atoms with Gasteiger partial charge in [-0.2, -0.15) is 4.79 Å². The van der Waals surface area contributed by atoms with Crippen LogP contribution in [-0.2, 0) is 19.1 Å². The average Bonchev–Trinajstić information content (AvgIpc) is 2.53. The van der Waals surface area contributed by atoms with E-state index in [9.17, 15) is 19.5 Å². The summed E-state index contributed by atoms with van der Waals surface area (Å²) in [6, 6.07) is -1.18. The van der Waals surface area contributed by atoms with Gasteiger partial charge in [-0.3, -0.25) is 9.59 Å². The average molecular weight is 325 g/mol. The molecule has 128 valence electrons. The predicted octanol–water partition coefficient (Wildman–Crippen LogP) is 0.801. The topological polar surface area (TPSA) is 129 Å². The molecule has 0 unspecified atom stereocenters. The predicted molar refractivity (Wildman–Crippen MR) is 80.9 cm³/mol. The van der Waals surface area contributed by atoms with Crippen molar-refractivity contribution in [2.24, 2.45) is 5.92 Å². The molecule has 0 aromatic rings. The number of ether oxygens (including phenoxy) is 1. The standard InChI is InChI=1S/C15H23N3O5/c1-23-13(10-5-3-2-4-6-10)14(20)18-12(15(21)22)8-7-11(19)9-17-16/h9-10,12-13H,2-8H2,1H3,(H,18,20)(H,21,22)/t12-,13-/m0/s1. The van der Waals surface area contributed by atoms with Crippen LogP contribution in [0, 0.1) is 5.92 Å². The molecule has 1 saturated carbocycles. The first kappa shape index (κ1) is 19.0. The lowest BCUT2D eigenvalue weighted by Crippen LogP contribution is -2.48. The largest absolute Gasteiger partial charge is 0.480 e. The van der Waals surface area contributed by atoms with Crippen LogP contribution in [0.25, 0.3) is 5.53 Å². The van der Waals surface area contributed by atoms with Crippen molar-refractivity contribution in [1.29, 1.82) is 0 Å². The van der Waals surface area contributed by atoms with Gasteiger partial charge in [0.2, 0.25) is 11.7 Å². The van der Waals surface area contributed by atoms with Crippen molar-refractivity contribution in [3.05, 3.63) is 5.53 Å². The van der Waals surface area contributed by atoms with Gasteiger partial charge in [-0.25, -0.2) is 4.79 Å². The van der Waals surface area contributed by atoms with E-state index in [0.29, 0.717) is 6.21 Å². The number of nitrogens with one attached hydrogen (secondary N) is 1. The molecule has 0 heterocycles. The molecule has 23 heavy (non-hydrogen) atoms. The van der Waals surface area contributed by atoms with E-state index in [1.807, 2.05) is 0 Å². The maximum Gasteiger partial charge on any atom is 0.326 e. The normalized spacial score (nSPS) is 17.6. The van der Waals surface area contributed by atoms with Crippen molar-refractivity contribution in [1.82, 2.24) is 5.32 Å². The van der Waals surface area contributed by atoms with Crippen molar-refractivity contribution < 1.29 is 29.0 Å². The van der Waals surface area contributed by atoms with Gasteiger partial charge in [-0.05, 0) is 25.2 Å². The highest BCUT2D eigenvalue weighted by molar-refractivity contribution is 6.25. The Kier molecular flexibility index (Phi) is 8.15. The molecule has 1 amide bonds. The van der Waals surface area contributed by atoms with E-state index >= 15 is 0 Å². The summed E-state index contributed by atoms with van der Waals surface area (Å²) in [7, 11) is 1.44. The summed E-state index contributed by atoms with van der Waals surface area (Å²) in [6.07, 6.45) is 4.80. The summed E-state index contributed by atoms with van der Waals surface area (Å²) in [6.45, 7) is 0. The molecule has 0 radical (unpaired) electrons. The number of ketones is 1. The van der Waals surface area contributed by atoms with Gasteiger partial charge in [0.05, 0.1) is 0 Å². The molecule has 0 aliphatic heterocycles. The van der Waals surface area contributed by atoms with Crippen LogP contribution in [0.4, 0.5) is 0 Å². The van der Waals surface area contributed by atoms with Crippen molar-refractivity contribution in [2.75, 3.05) is 7.11 Å². The summed E-state index contributed by atoms with van der Waals surface area (Å²) < 4.78 is 5.27. The number of hydrogen-bond acceptors (Lipinski definition) is 4. The molecule has 0 bridgehead atoms. The lowest BCUT2D eigenvalue weighted by molar-refractivity contribution is -0.145. The molecule has 1 aliphatic rings. The molecule has 2 N–H and O–H groups in total. The number of carboxylic acids is 1. The number of nitrogens with zero attached hydrogens (tertiary/aromatic N) is 2. The highest BCUT2D eigenvalue weighted by Crippen LogP contribution is 2.28. The molecule has 0 aromatic carbocycles. The number of carboxylic acid groups (broad SMARTS) is 1. The van der Waals surface area contributed by atoms with Crippen LogP contribution < -0.4 is 5.32 Å². The molecule has 8 heteroatoms. The van der Waals surface area contributed by atoms with Gasteiger partial charge >= 0.3 is 12.2 Å². The zero-order valence-electron chi connectivity index (χ0n) is 13.2. The van der Waals surface area contributed by atoms with Crippen molar-refractivity contribution in [2.45, 2.75) is 57.1 Å². The van der Waals surface area contributed by atoms with Crippen LogP contribution >= 0.6 is 0 Å². The molecule has 0 spiro atoms. The minimum Gasteiger partial charge on any atom is -0.480 e. The molecule has 1 aliphatic carbocycles. The molecular formula is C15H23N3O5. The number of aliphatic carboxylic acids is 1. The lowest BCUT2D eigenvalue weighted by Gasteiger charge is -2.29. The number of Topliss-reactive ketones (excluding diaryl/α,β-unsaturated/α-hetero) is 1. The third-order valence-corrected chi connectivity index (χ3v) is 4.09. The maximum atomic E-state index is 12.3. The van der Waals surface area contributed by atoms with E-state index < -0.39 is 29.8 Å². The number of amides is 1. The highest BCUT2D eigenvalue weighted by Gasteiger charge is 2.32. The van der Waals surface area contributed by atoms with Gasteiger partial charge in [0.25, 0.3) is 0 Å². The smallest absolute Gasteiger partial charge is 0.326 e. The fourth-order valence-electron chi connectivity index (χ4n) is 2.88. The third-order valence-electron chi connectivity index (χ3n) is 4.09. The van der Waals surface area contributed by atoms with Crippen LogP contribution in [0.1, 0.15) is 44.9 Å². The summed E-state index contributed by atoms with van der Waals surface area (Å²) in [5.41, 5.74) is 8.25. The molecule has 8 nitrogen and oxygen atoms in total. The van der Waals surface area contributed by atoms with E-state index in [2.05, 4.69) is 10.1 Å². The van der Waals surface area contributed by atoms with E-state index in [1.54, 1.807) is 0 Å².